The summed E-state index contributed by atoms with van der Waals surface area (Å²) in [5, 5.41) is 5.94. The van der Waals surface area contributed by atoms with Crippen molar-refractivity contribution in [3.63, 3.8) is 0 Å². The van der Waals surface area contributed by atoms with Crippen LogP contribution in [-0.2, 0) is 4.79 Å². The fourth-order valence-electron chi connectivity index (χ4n) is 3.01. The topological polar surface area (TPSA) is 58.2 Å². The van der Waals surface area contributed by atoms with E-state index in [9.17, 15) is 9.59 Å². The Bertz CT molecular complexity index is 791. The van der Waals surface area contributed by atoms with Crippen LogP contribution in [0.5, 0.6) is 0 Å². The van der Waals surface area contributed by atoms with Gasteiger partial charge in [0, 0.05) is 15.4 Å². The van der Waals surface area contributed by atoms with Gasteiger partial charge >= 0.3 is 0 Å². The number of thioether (sulfide) groups is 1. The van der Waals surface area contributed by atoms with Gasteiger partial charge in [0.2, 0.25) is 5.91 Å². The van der Waals surface area contributed by atoms with Gasteiger partial charge in [0.1, 0.15) is 0 Å². The van der Waals surface area contributed by atoms with E-state index in [1.54, 1.807) is 12.1 Å². The monoisotopic (exact) mass is 432 g/mol. The molecule has 2 aromatic carbocycles. The zero-order valence-corrected chi connectivity index (χ0v) is 16.7. The molecule has 0 aliphatic heterocycles. The molecule has 3 rings (SSSR count). The highest BCUT2D eigenvalue weighted by molar-refractivity contribution is 9.10. The van der Waals surface area contributed by atoms with Crippen LogP contribution in [0.25, 0.3) is 0 Å². The molecule has 0 radical (unpaired) electrons. The van der Waals surface area contributed by atoms with Crippen LogP contribution in [0.15, 0.2) is 57.9 Å². The largest absolute Gasteiger partial charge is 0.349 e. The van der Waals surface area contributed by atoms with Crippen molar-refractivity contribution in [2.45, 2.75) is 36.6 Å². The Morgan fingerprint density at radius 2 is 1.73 bits per heavy atom. The highest BCUT2D eigenvalue weighted by atomic mass is 79.9. The third-order valence-corrected chi connectivity index (χ3v) is 6.36. The molecule has 0 saturated heterocycles. The summed E-state index contributed by atoms with van der Waals surface area (Å²) in [5.74, 6) is 0.0272. The molecule has 2 amide bonds. The van der Waals surface area contributed by atoms with E-state index in [2.05, 4.69) is 26.6 Å². The zero-order chi connectivity index (χ0) is 18.4. The van der Waals surface area contributed by atoms with Crippen molar-refractivity contribution < 1.29 is 9.59 Å². The predicted octanol–water partition coefficient (Wildman–Crippen LogP) is 4.85. The SMILES string of the molecule is O=C(CSc1ccccc1Br)Nc1ccccc1C(=O)NC1CCCC1. The zero-order valence-electron chi connectivity index (χ0n) is 14.3. The lowest BCUT2D eigenvalue weighted by Crippen LogP contribution is -2.33. The maximum Gasteiger partial charge on any atom is 0.253 e. The quantitative estimate of drug-likeness (QED) is 0.641. The summed E-state index contributed by atoms with van der Waals surface area (Å²) >= 11 is 4.94. The summed E-state index contributed by atoms with van der Waals surface area (Å²) in [5.41, 5.74) is 1.07. The highest BCUT2D eigenvalue weighted by Crippen LogP contribution is 2.27. The molecule has 4 nitrogen and oxygen atoms in total. The summed E-state index contributed by atoms with van der Waals surface area (Å²) in [4.78, 5) is 25.9. The number of para-hydroxylation sites is 1. The number of amides is 2. The van der Waals surface area contributed by atoms with Crippen molar-refractivity contribution in [3.05, 3.63) is 58.6 Å². The average molecular weight is 433 g/mol. The normalized spacial score (nSPS) is 14.2. The van der Waals surface area contributed by atoms with Gasteiger partial charge in [-0.15, -0.1) is 11.8 Å². The second-order valence-corrected chi connectivity index (χ2v) is 8.14. The van der Waals surface area contributed by atoms with Gasteiger partial charge in [-0.2, -0.15) is 0 Å². The van der Waals surface area contributed by atoms with Crippen molar-refractivity contribution >= 4 is 45.2 Å². The molecule has 6 heteroatoms. The summed E-state index contributed by atoms with van der Waals surface area (Å²) < 4.78 is 0.967. The minimum atomic E-state index is -0.133. The van der Waals surface area contributed by atoms with Gasteiger partial charge in [0.25, 0.3) is 5.91 Å². The fourth-order valence-corrected chi connectivity index (χ4v) is 4.38. The predicted molar refractivity (Wildman–Crippen MR) is 110 cm³/mol. The molecule has 26 heavy (non-hydrogen) atoms. The minimum Gasteiger partial charge on any atom is -0.349 e. The Kier molecular flexibility index (Phi) is 6.74. The Morgan fingerprint density at radius 3 is 2.50 bits per heavy atom. The number of carbonyl (C=O) groups excluding carboxylic acids is 2. The van der Waals surface area contributed by atoms with Crippen molar-refractivity contribution in [1.82, 2.24) is 5.32 Å². The van der Waals surface area contributed by atoms with Crippen LogP contribution >= 0.6 is 27.7 Å². The molecule has 2 N–H and O–H groups in total. The Morgan fingerprint density at radius 1 is 1.04 bits per heavy atom. The molecule has 1 aliphatic rings. The van der Waals surface area contributed by atoms with E-state index in [0.717, 1.165) is 35.1 Å². The molecule has 1 fully saturated rings. The van der Waals surface area contributed by atoms with Gasteiger partial charge in [-0.1, -0.05) is 37.1 Å². The number of carbonyl (C=O) groups is 2. The Hall–Kier alpha value is -1.79. The van der Waals surface area contributed by atoms with Crippen molar-refractivity contribution in [3.8, 4) is 0 Å². The number of hydrogen-bond donors (Lipinski definition) is 2. The minimum absolute atomic E-state index is 0.119. The maximum atomic E-state index is 12.6. The van der Waals surface area contributed by atoms with Crippen LogP contribution in [0.3, 0.4) is 0 Å². The fraction of sp³-hybridized carbons (Fsp3) is 0.300. The van der Waals surface area contributed by atoms with Gasteiger partial charge in [0.15, 0.2) is 0 Å². The molecule has 0 atom stereocenters. The number of benzene rings is 2. The van der Waals surface area contributed by atoms with Crippen LogP contribution in [0.1, 0.15) is 36.0 Å². The highest BCUT2D eigenvalue weighted by Gasteiger charge is 2.20. The second-order valence-electron chi connectivity index (χ2n) is 6.27. The molecular weight excluding hydrogens is 412 g/mol. The molecule has 1 saturated carbocycles. The van der Waals surface area contributed by atoms with Gasteiger partial charge in [-0.25, -0.2) is 0 Å². The molecule has 1 aliphatic carbocycles. The van der Waals surface area contributed by atoms with Gasteiger partial charge < -0.3 is 10.6 Å². The van der Waals surface area contributed by atoms with Crippen LogP contribution in [0.2, 0.25) is 0 Å². The molecule has 0 unspecified atom stereocenters. The first-order valence-corrected chi connectivity index (χ1v) is 10.5. The van der Waals surface area contributed by atoms with E-state index >= 15 is 0 Å². The number of rotatable bonds is 6. The second kappa shape index (κ2) is 9.24. The first kappa shape index (κ1) is 19.0. The Balaban J connectivity index is 1.61. The van der Waals surface area contributed by atoms with Crippen molar-refractivity contribution in [1.29, 1.82) is 0 Å². The van der Waals surface area contributed by atoms with E-state index in [4.69, 9.17) is 0 Å². The van der Waals surface area contributed by atoms with Gasteiger partial charge in [0.05, 0.1) is 17.0 Å². The summed E-state index contributed by atoms with van der Waals surface area (Å²) in [6.07, 6.45) is 4.39. The van der Waals surface area contributed by atoms with E-state index in [0.29, 0.717) is 11.3 Å². The maximum absolute atomic E-state index is 12.6. The third kappa shape index (κ3) is 5.11. The lowest BCUT2D eigenvalue weighted by molar-refractivity contribution is -0.113. The third-order valence-electron chi connectivity index (χ3n) is 4.33. The molecule has 0 spiro atoms. The first-order valence-electron chi connectivity index (χ1n) is 8.70. The van der Waals surface area contributed by atoms with E-state index in [1.165, 1.54) is 11.8 Å². The average Bonchev–Trinajstić information content (AvgIpc) is 3.14. The number of anilines is 1. The van der Waals surface area contributed by atoms with Crippen molar-refractivity contribution in [2.24, 2.45) is 0 Å². The molecule has 0 heterocycles. The van der Waals surface area contributed by atoms with E-state index in [-0.39, 0.29) is 23.6 Å². The van der Waals surface area contributed by atoms with Crippen LogP contribution in [-0.4, -0.2) is 23.6 Å². The van der Waals surface area contributed by atoms with Gasteiger partial charge in [-0.05, 0) is 53.0 Å². The van der Waals surface area contributed by atoms with Crippen LogP contribution in [0.4, 0.5) is 5.69 Å². The van der Waals surface area contributed by atoms with E-state index in [1.807, 2.05) is 36.4 Å². The number of hydrogen-bond acceptors (Lipinski definition) is 3. The molecule has 0 aromatic heterocycles. The summed E-state index contributed by atoms with van der Waals surface area (Å²) in [6.45, 7) is 0. The molecule has 2 aromatic rings. The lowest BCUT2D eigenvalue weighted by Gasteiger charge is -2.15. The standard InChI is InChI=1S/C20H21BrN2O2S/c21-16-10-4-6-12-18(16)26-13-19(24)23-17-11-5-3-9-15(17)20(25)22-14-7-1-2-8-14/h3-6,9-12,14H,1-2,7-8,13H2,(H,22,25)(H,23,24). The molecular formula is C20H21BrN2O2S. The van der Waals surface area contributed by atoms with E-state index < -0.39 is 0 Å². The molecule has 136 valence electrons. The smallest absolute Gasteiger partial charge is 0.253 e. The first-order chi connectivity index (χ1) is 12.6. The summed E-state index contributed by atoms with van der Waals surface area (Å²) in [7, 11) is 0. The van der Waals surface area contributed by atoms with Gasteiger partial charge in [-0.3, -0.25) is 9.59 Å². The van der Waals surface area contributed by atoms with Crippen LogP contribution < -0.4 is 10.6 Å². The Labute approximate surface area is 166 Å². The summed E-state index contributed by atoms with van der Waals surface area (Å²) in [6, 6.07) is 15.2. The van der Waals surface area contributed by atoms with Crippen LogP contribution in [0, 0.1) is 0 Å². The number of nitrogens with one attached hydrogen (secondary N) is 2. The number of halogens is 1. The lowest BCUT2D eigenvalue weighted by atomic mass is 10.1. The van der Waals surface area contributed by atoms with Crippen molar-refractivity contribution in [2.75, 3.05) is 11.1 Å². The molecule has 0 bridgehead atoms.